The van der Waals surface area contributed by atoms with Crippen molar-refractivity contribution in [3.63, 3.8) is 0 Å². The molecule has 1 unspecified atom stereocenters. The monoisotopic (exact) mass is 477 g/mol. The Morgan fingerprint density at radius 1 is 1.00 bits per heavy atom. The van der Waals surface area contributed by atoms with Crippen LogP contribution in [-0.2, 0) is 4.79 Å². The molecule has 4 rings (SSSR count). The van der Waals surface area contributed by atoms with E-state index in [4.69, 9.17) is 11.6 Å². The zero-order valence-corrected chi connectivity index (χ0v) is 20.4. The first-order valence-electron chi connectivity index (χ1n) is 10.5. The molecular weight excluding hydrogens is 454 g/mol. The van der Waals surface area contributed by atoms with Crippen LogP contribution in [0.1, 0.15) is 23.6 Å². The second-order valence-corrected chi connectivity index (χ2v) is 9.49. The highest BCUT2D eigenvalue weighted by Gasteiger charge is 2.23. The van der Waals surface area contributed by atoms with Crippen LogP contribution in [0, 0.1) is 20.8 Å². The van der Waals surface area contributed by atoms with E-state index in [0.717, 1.165) is 33.6 Å². The number of para-hydroxylation sites is 1. The Bertz CT molecular complexity index is 1290. The van der Waals surface area contributed by atoms with E-state index in [2.05, 4.69) is 20.5 Å². The molecule has 0 saturated carbocycles. The van der Waals surface area contributed by atoms with Crippen LogP contribution in [0.3, 0.4) is 0 Å². The van der Waals surface area contributed by atoms with E-state index in [1.807, 2.05) is 80.8 Å². The molecule has 2 heterocycles. The van der Waals surface area contributed by atoms with Crippen LogP contribution in [0.2, 0.25) is 5.02 Å². The normalized spacial score (nSPS) is 11.9. The summed E-state index contributed by atoms with van der Waals surface area (Å²) < 4.78 is 1.95. The summed E-state index contributed by atoms with van der Waals surface area (Å²) >= 11 is 7.78. The molecule has 0 fully saturated rings. The first-order chi connectivity index (χ1) is 15.9. The van der Waals surface area contributed by atoms with Gasteiger partial charge in [-0.25, -0.2) is 0 Å². The molecule has 4 aromatic rings. The van der Waals surface area contributed by atoms with Crippen molar-refractivity contribution in [1.82, 2.24) is 19.7 Å². The van der Waals surface area contributed by atoms with Crippen molar-refractivity contribution < 1.29 is 4.79 Å². The highest BCUT2D eigenvalue weighted by Crippen LogP contribution is 2.33. The number of aryl methyl sites for hydroxylation is 2. The number of anilines is 1. The van der Waals surface area contributed by atoms with Gasteiger partial charge in [0.15, 0.2) is 11.0 Å². The van der Waals surface area contributed by atoms with Crippen LogP contribution in [0.15, 0.2) is 66.1 Å². The Labute approximate surface area is 202 Å². The predicted molar refractivity (Wildman–Crippen MR) is 134 cm³/mol. The molecule has 0 aliphatic carbocycles. The van der Waals surface area contributed by atoms with Crippen molar-refractivity contribution in [3.05, 3.63) is 82.6 Å². The van der Waals surface area contributed by atoms with Crippen molar-refractivity contribution in [3.8, 4) is 17.1 Å². The van der Waals surface area contributed by atoms with Gasteiger partial charge in [0.25, 0.3) is 0 Å². The number of halogens is 1. The lowest BCUT2D eigenvalue weighted by Gasteiger charge is -2.17. The first kappa shape index (κ1) is 23.0. The number of rotatable bonds is 6. The third-order valence-electron chi connectivity index (χ3n) is 5.43. The Morgan fingerprint density at radius 2 is 1.67 bits per heavy atom. The van der Waals surface area contributed by atoms with E-state index in [9.17, 15) is 4.79 Å². The number of nitrogens with zero attached hydrogens (tertiary/aromatic N) is 4. The maximum Gasteiger partial charge on any atom is 0.237 e. The van der Waals surface area contributed by atoms with Gasteiger partial charge in [-0.05, 0) is 68.7 Å². The van der Waals surface area contributed by atoms with Gasteiger partial charge in [0.05, 0.1) is 10.9 Å². The van der Waals surface area contributed by atoms with E-state index < -0.39 is 5.25 Å². The lowest BCUT2D eigenvalue weighted by Crippen LogP contribution is -2.24. The Hall–Kier alpha value is -3.16. The zero-order chi connectivity index (χ0) is 23.5. The number of carbonyl (C=O) groups is 1. The minimum Gasteiger partial charge on any atom is -0.325 e. The molecule has 0 saturated heterocycles. The van der Waals surface area contributed by atoms with Gasteiger partial charge in [-0.1, -0.05) is 47.6 Å². The van der Waals surface area contributed by atoms with Crippen LogP contribution in [0.4, 0.5) is 5.69 Å². The van der Waals surface area contributed by atoms with Crippen molar-refractivity contribution in [1.29, 1.82) is 0 Å². The second-order valence-electron chi connectivity index (χ2n) is 7.78. The Balaban J connectivity index is 1.70. The van der Waals surface area contributed by atoms with Gasteiger partial charge in [-0.15, -0.1) is 10.2 Å². The minimum absolute atomic E-state index is 0.0970. The van der Waals surface area contributed by atoms with E-state index >= 15 is 0 Å². The summed E-state index contributed by atoms with van der Waals surface area (Å²) in [5, 5.41) is 12.8. The number of pyridine rings is 1. The minimum atomic E-state index is -0.406. The summed E-state index contributed by atoms with van der Waals surface area (Å²) in [6.07, 6.45) is 3.43. The molecule has 0 radical (unpaired) electrons. The molecule has 0 aliphatic heterocycles. The first-order valence-corrected chi connectivity index (χ1v) is 11.8. The second kappa shape index (κ2) is 9.77. The fraction of sp³-hybridized carbons (Fsp3) is 0.200. The van der Waals surface area contributed by atoms with Gasteiger partial charge in [0, 0.05) is 28.7 Å². The lowest BCUT2D eigenvalue weighted by molar-refractivity contribution is -0.115. The van der Waals surface area contributed by atoms with Crippen LogP contribution >= 0.6 is 23.4 Å². The topological polar surface area (TPSA) is 72.7 Å². The number of amides is 1. The summed E-state index contributed by atoms with van der Waals surface area (Å²) in [6.45, 7) is 7.79. The third-order valence-corrected chi connectivity index (χ3v) is 6.88. The summed E-state index contributed by atoms with van der Waals surface area (Å²) in [6, 6.07) is 15.4. The number of carbonyl (C=O) groups excluding carboxylic acids is 1. The molecule has 1 atom stereocenters. The van der Waals surface area contributed by atoms with Gasteiger partial charge in [-0.2, -0.15) is 0 Å². The molecule has 2 aromatic carbocycles. The van der Waals surface area contributed by atoms with E-state index in [1.165, 1.54) is 11.8 Å². The van der Waals surface area contributed by atoms with Gasteiger partial charge in [0.1, 0.15) is 0 Å². The van der Waals surface area contributed by atoms with Crippen LogP contribution in [0.5, 0.6) is 0 Å². The quantitative estimate of drug-likeness (QED) is 0.343. The summed E-state index contributed by atoms with van der Waals surface area (Å²) in [5.41, 5.74) is 5.54. The predicted octanol–water partition coefficient (Wildman–Crippen LogP) is 6.03. The standard InChI is InChI=1S/C25H24ClN5OS/c1-15-7-5-8-16(2)22(15)28-24(32)18(4)33-25-30-29-23(19-11-13-27-14-12-19)31(25)21-10-6-9-20(26)17(21)3/h5-14,18H,1-4H3,(H,28,32). The number of hydrogen-bond acceptors (Lipinski definition) is 5. The van der Waals surface area contributed by atoms with Gasteiger partial charge >= 0.3 is 0 Å². The Kier molecular flexibility index (Phi) is 6.81. The van der Waals surface area contributed by atoms with Crippen LogP contribution in [0.25, 0.3) is 17.1 Å². The SMILES string of the molecule is Cc1cccc(C)c1NC(=O)C(C)Sc1nnc(-c2ccncc2)n1-c1cccc(Cl)c1C. The average Bonchev–Trinajstić information content (AvgIpc) is 3.22. The van der Waals surface area contributed by atoms with Gasteiger partial charge in [0.2, 0.25) is 5.91 Å². The molecule has 0 aliphatic rings. The molecule has 1 N–H and O–H groups in total. The third kappa shape index (κ3) is 4.79. The van der Waals surface area contributed by atoms with Crippen LogP contribution < -0.4 is 5.32 Å². The van der Waals surface area contributed by atoms with Gasteiger partial charge in [-0.3, -0.25) is 14.3 Å². The summed E-state index contributed by atoms with van der Waals surface area (Å²) in [7, 11) is 0. The summed E-state index contributed by atoms with van der Waals surface area (Å²) in [5.74, 6) is 0.563. The fourth-order valence-corrected chi connectivity index (χ4v) is 4.57. The fourth-order valence-electron chi connectivity index (χ4n) is 3.54. The Morgan fingerprint density at radius 3 is 2.36 bits per heavy atom. The lowest BCUT2D eigenvalue weighted by atomic mass is 10.1. The molecule has 0 bridgehead atoms. The van der Waals surface area contributed by atoms with E-state index in [0.29, 0.717) is 16.0 Å². The van der Waals surface area contributed by atoms with E-state index in [1.54, 1.807) is 12.4 Å². The van der Waals surface area contributed by atoms with Crippen molar-refractivity contribution in [2.24, 2.45) is 0 Å². The van der Waals surface area contributed by atoms with Gasteiger partial charge < -0.3 is 5.32 Å². The molecular formula is C25H24ClN5OS. The van der Waals surface area contributed by atoms with Crippen molar-refractivity contribution in [2.45, 2.75) is 38.1 Å². The maximum atomic E-state index is 13.0. The molecule has 1 amide bonds. The smallest absolute Gasteiger partial charge is 0.237 e. The molecule has 2 aromatic heterocycles. The number of thioether (sulfide) groups is 1. The number of aromatic nitrogens is 4. The zero-order valence-electron chi connectivity index (χ0n) is 18.8. The molecule has 168 valence electrons. The van der Waals surface area contributed by atoms with Crippen LogP contribution in [-0.4, -0.2) is 30.9 Å². The number of hydrogen-bond donors (Lipinski definition) is 1. The molecule has 33 heavy (non-hydrogen) atoms. The maximum absolute atomic E-state index is 13.0. The van der Waals surface area contributed by atoms with Crippen molar-refractivity contribution in [2.75, 3.05) is 5.32 Å². The van der Waals surface area contributed by atoms with E-state index in [-0.39, 0.29) is 5.91 Å². The molecule has 8 heteroatoms. The average molecular weight is 478 g/mol. The largest absolute Gasteiger partial charge is 0.325 e. The number of benzene rings is 2. The molecule has 6 nitrogen and oxygen atoms in total. The number of nitrogens with one attached hydrogen (secondary N) is 1. The summed E-state index contributed by atoms with van der Waals surface area (Å²) in [4.78, 5) is 17.1. The highest BCUT2D eigenvalue weighted by molar-refractivity contribution is 8.00. The van der Waals surface area contributed by atoms with Crippen molar-refractivity contribution >= 4 is 35.0 Å². The highest BCUT2D eigenvalue weighted by atomic mass is 35.5. The molecule has 0 spiro atoms.